The van der Waals surface area contributed by atoms with Crippen molar-refractivity contribution in [1.82, 2.24) is 4.37 Å². The molecule has 2 amide bonds. The number of halogens is 2. The summed E-state index contributed by atoms with van der Waals surface area (Å²) in [4.78, 5) is 24.1. The summed E-state index contributed by atoms with van der Waals surface area (Å²) in [6.07, 6.45) is 0.205. The number of benzene rings is 2. The molecule has 2 atom stereocenters. The second kappa shape index (κ2) is 7.62. The zero-order valence-corrected chi connectivity index (χ0v) is 17.2. The SMILES string of the molecule is Cc1cc(Nc2cc(NC3(C(N)=O)CC3c3ccccc3F)c(F)cc2C(N)=O)sn1. The van der Waals surface area contributed by atoms with Crippen molar-refractivity contribution < 1.29 is 18.4 Å². The normalized spacial score (nSPS) is 19.6. The van der Waals surface area contributed by atoms with Crippen LogP contribution in [-0.2, 0) is 4.79 Å². The lowest BCUT2D eigenvalue weighted by molar-refractivity contribution is -0.119. The van der Waals surface area contributed by atoms with Crippen LogP contribution in [0.2, 0.25) is 0 Å². The number of amides is 2. The van der Waals surface area contributed by atoms with Crippen LogP contribution in [0.15, 0.2) is 42.5 Å². The number of primary amides is 2. The molecule has 0 saturated heterocycles. The molecule has 3 aromatic rings. The zero-order chi connectivity index (χ0) is 22.3. The minimum atomic E-state index is -1.35. The highest BCUT2D eigenvalue weighted by molar-refractivity contribution is 7.10. The number of hydrogen-bond acceptors (Lipinski definition) is 6. The van der Waals surface area contributed by atoms with E-state index < -0.39 is 34.9 Å². The lowest BCUT2D eigenvalue weighted by Gasteiger charge is -2.20. The molecule has 0 spiro atoms. The van der Waals surface area contributed by atoms with Gasteiger partial charge in [-0.25, -0.2) is 8.78 Å². The highest BCUT2D eigenvalue weighted by atomic mass is 32.1. The Labute approximate surface area is 180 Å². The molecule has 160 valence electrons. The molecule has 1 aromatic heterocycles. The van der Waals surface area contributed by atoms with Crippen molar-refractivity contribution in [3.8, 4) is 0 Å². The average Bonchev–Trinajstić information content (AvgIpc) is 3.29. The van der Waals surface area contributed by atoms with E-state index in [0.29, 0.717) is 10.6 Å². The molecular weight excluding hydrogens is 424 g/mol. The predicted octanol–water partition coefficient (Wildman–Crippen LogP) is 3.40. The summed E-state index contributed by atoms with van der Waals surface area (Å²) in [6, 6.07) is 10.1. The summed E-state index contributed by atoms with van der Waals surface area (Å²) < 4.78 is 33.2. The van der Waals surface area contributed by atoms with Crippen LogP contribution < -0.4 is 22.1 Å². The molecule has 1 heterocycles. The van der Waals surface area contributed by atoms with Crippen LogP contribution in [0.4, 0.5) is 25.2 Å². The summed E-state index contributed by atoms with van der Waals surface area (Å²) in [5.41, 5.74) is 10.9. The fourth-order valence-corrected chi connectivity index (χ4v) is 4.31. The molecule has 0 bridgehead atoms. The van der Waals surface area contributed by atoms with Gasteiger partial charge in [-0.15, -0.1) is 0 Å². The number of rotatable bonds is 7. The molecule has 31 heavy (non-hydrogen) atoms. The minimum absolute atomic E-state index is 0.0635. The molecule has 10 heteroatoms. The van der Waals surface area contributed by atoms with Crippen LogP contribution in [0.25, 0.3) is 0 Å². The second-order valence-electron chi connectivity index (χ2n) is 7.44. The summed E-state index contributed by atoms with van der Waals surface area (Å²) in [5, 5.41) is 6.47. The number of nitrogens with zero attached hydrogens (tertiary/aromatic N) is 1. The van der Waals surface area contributed by atoms with E-state index in [0.717, 1.165) is 23.3 Å². The van der Waals surface area contributed by atoms with Gasteiger partial charge in [0.25, 0.3) is 5.91 Å². The molecule has 2 aromatic carbocycles. The van der Waals surface area contributed by atoms with Gasteiger partial charge in [0.1, 0.15) is 22.2 Å². The van der Waals surface area contributed by atoms with Gasteiger partial charge in [-0.05, 0) is 54.7 Å². The lowest BCUT2D eigenvalue weighted by Crippen LogP contribution is -2.40. The van der Waals surface area contributed by atoms with Crippen molar-refractivity contribution >= 4 is 39.7 Å². The van der Waals surface area contributed by atoms with Crippen LogP contribution in [0, 0.1) is 18.6 Å². The van der Waals surface area contributed by atoms with E-state index in [9.17, 15) is 18.4 Å². The Bertz CT molecular complexity index is 1200. The van der Waals surface area contributed by atoms with Crippen LogP contribution in [0.1, 0.15) is 34.0 Å². The summed E-state index contributed by atoms with van der Waals surface area (Å²) in [6.45, 7) is 1.81. The van der Waals surface area contributed by atoms with Crippen molar-refractivity contribution in [3.63, 3.8) is 0 Å². The Kier molecular flexibility index (Phi) is 5.10. The van der Waals surface area contributed by atoms with E-state index in [1.165, 1.54) is 12.1 Å². The molecule has 6 N–H and O–H groups in total. The molecular formula is C21H19F2N5O2S. The van der Waals surface area contributed by atoms with Gasteiger partial charge in [-0.2, -0.15) is 4.37 Å². The third-order valence-corrected chi connectivity index (χ3v) is 6.09. The molecule has 1 saturated carbocycles. The number of carbonyl (C=O) groups is 2. The maximum atomic E-state index is 14.8. The van der Waals surface area contributed by atoms with Gasteiger partial charge < -0.3 is 22.1 Å². The molecule has 2 unspecified atom stereocenters. The Morgan fingerprint density at radius 2 is 1.87 bits per heavy atom. The highest BCUT2D eigenvalue weighted by Crippen LogP contribution is 2.54. The first-order chi connectivity index (χ1) is 14.7. The molecule has 0 radical (unpaired) electrons. The fourth-order valence-electron chi connectivity index (χ4n) is 3.64. The molecule has 4 rings (SSSR count). The third kappa shape index (κ3) is 3.81. The van der Waals surface area contributed by atoms with Crippen molar-refractivity contribution in [2.45, 2.75) is 24.8 Å². The Morgan fingerprint density at radius 1 is 1.13 bits per heavy atom. The van der Waals surface area contributed by atoms with Gasteiger partial charge in [-0.1, -0.05) is 18.2 Å². The van der Waals surface area contributed by atoms with Crippen molar-refractivity contribution in [2.75, 3.05) is 10.6 Å². The molecule has 1 aliphatic carbocycles. The van der Waals surface area contributed by atoms with E-state index in [2.05, 4.69) is 15.0 Å². The maximum Gasteiger partial charge on any atom is 0.250 e. The predicted molar refractivity (Wildman–Crippen MR) is 114 cm³/mol. The largest absolute Gasteiger partial charge is 0.368 e. The second-order valence-corrected chi connectivity index (χ2v) is 8.24. The number of anilines is 3. The van der Waals surface area contributed by atoms with E-state index in [1.807, 2.05) is 0 Å². The van der Waals surface area contributed by atoms with Crippen LogP contribution in [-0.4, -0.2) is 21.7 Å². The Hall–Kier alpha value is -3.53. The number of hydrogen-bond donors (Lipinski definition) is 4. The third-order valence-electron chi connectivity index (χ3n) is 5.30. The molecule has 0 aliphatic heterocycles. The highest BCUT2D eigenvalue weighted by Gasteiger charge is 2.61. The van der Waals surface area contributed by atoms with Gasteiger partial charge in [0.05, 0.1) is 22.6 Å². The monoisotopic (exact) mass is 443 g/mol. The van der Waals surface area contributed by atoms with Crippen molar-refractivity contribution in [1.29, 1.82) is 0 Å². The number of aryl methyl sites for hydroxylation is 1. The van der Waals surface area contributed by atoms with Crippen LogP contribution in [0.3, 0.4) is 0 Å². The molecule has 7 nitrogen and oxygen atoms in total. The van der Waals surface area contributed by atoms with Gasteiger partial charge in [0.15, 0.2) is 0 Å². The zero-order valence-electron chi connectivity index (χ0n) is 16.4. The van der Waals surface area contributed by atoms with Gasteiger partial charge in [0, 0.05) is 5.92 Å². The molecule has 1 aliphatic rings. The number of nitrogens with two attached hydrogens (primary N) is 2. The summed E-state index contributed by atoms with van der Waals surface area (Å²) >= 11 is 1.16. The van der Waals surface area contributed by atoms with E-state index in [-0.39, 0.29) is 23.4 Å². The Morgan fingerprint density at radius 3 is 2.48 bits per heavy atom. The van der Waals surface area contributed by atoms with Crippen molar-refractivity contribution in [3.05, 3.63) is 70.9 Å². The van der Waals surface area contributed by atoms with Gasteiger partial charge in [0.2, 0.25) is 5.91 Å². The van der Waals surface area contributed by atoms with Crippen molar-refractivity contribution in [2.24, 2.45) is 11.5 Å². The Balaban J connectivity index is 1.70. The quantitative estimate of drug-likeness (QED) is 0.446. The first kappa shape index (κ1) is 20.7. The minimum Gasteiger partial charge on any atom is -0.368 e. The molecule has 1 fully saturated rings. The van der Waals surface area contributed by atoms with Gasteiger partial charge >= 0.3 is 0 Å². The number of carbonyl (C=O) groups excluding carboxylic acids is 2. The van der Waals surface area contributed by atoms with Crippen LogP contribution >= 0.6 is 11.5 Å². The topological polar surface area (TPSA) is 123 Å². The average molecular weight is 443 g/mol. The first-order valence-electron chi connectivity index (χ1n) is 9.37. The summed E-state index contributed by atoms with van der Waals surface area (Å²) in [7, 11) is 0. The van der Waals surface area contributed by atoms with Gasteiger partial charge in [-0.3, -0.25) is 9.59 Å². The summed E-state index contributed by atoms with van der Waals surface area (Å²) in [5.74, 6) is -3.37. The standard InChI is InChI=1S/C21H19F2N5O2S/c1-10-6-18(31-28-10)26-16-8-17(15(23)7-12(16)19(24)29)27-21(20(25)30)9-13(21)11-4-2-3-5-14(11)22/h2-8,13,26-27H,9H2,1H3,(H2,24,29)(H2,25,30). The van der Waals surface area contributed by atoms with Crippen LogP contribution in [0.5, 0.6) is 0 Å². The lowest BCUT2D eigenvalue weighted by atomic mass is 10.0. The van der Waals surface area contributed by atoms with E-state index in [1.54, 1.807) is 31.2 Å². The van der Waals surface area contributed by atoms with E-state index in [4.69, 9.17) is 11.5 Å². The fraction of sp³-hybridized carbons (Fsp3) is 0.190. The smallest absolute Gasteiger partial charge is 0.250 e. The number of nitrogens with one attached hydrogen (secondary N) is 2. The number of aromatic nitrogens is 1. The van der Waals surface area contributed by atoms with E-state index >= 15 is 0 Å². The maximum absolute atomic E-state index is 14.8. The first-order valence-corrected chi connectivity index (χ1v) is 10.1.